The number of aromatic nitrogens is 3. The normalized spacial score (nSPS) is 10.8. The summed E-state index contributed by atoms with van der Waals surface area (Å²) in [7, 11) is 0. The van der Waals surface area contributed by atoms with Crippen LogP contribution < -0.4 is 5.32 Å². The summed E-state index contributed by atoms with van der Waals surface area (Å²) >= 11 is 13.3. The molecule has 1 N–H and O–H groups in total. The van der Waals surface area contributed by atoms with Crippen molar-refractivity contribution in [3.63, 3.8) is 0 Å². The summed E-state index contributed by atoms with van der Waals surface area (Å²) in [5.41, 5.74) is 2.44. The summed E-state index contributed by atoms with van der Waals surface area (Å²) in [4.78, 5) is 12.3. The Morgan fingerprint density at radius 3 is 2.58 bits per heavy atom. The fraction of sp³-hybridized carbons (Fsp3) is 0.167. The van der Waals surface area contributed by atoms with E-state index in [9.17, 15) is 4.79 Å². The first-order valence-electron chi connectivity index (χ1n) is 7.81. The van der Waals surface area contributed by atoms with Gasteiger partial charge in [-0.05, 0) is 55.8 Å². The van der Waals surface area contributed by atoms with E-state index in [2.05, 4.69) is 15.5 Å². The zero-order chi connectivity index (χ0) is 18.7. The summed E-state index contributed by atoms with van der Waals surface area (Å²) in [6.07, 6.45) is 0. The van der Waals surface area contributed by atoms with Crippen molar-refractivity contribution in [1.82, 2.24) is 14.8 Å². The predicted molar refractivity (Wildman–Crippen MR) is 107 cm³/mol. The van der Waals surface area contributed by atoms with Crippen molar-refractivity contribution in [2.24, 2.45) is 0 Å². The number of thioether (sulfide) groups is 1. The van der Waals surface area contributed by atoms with Crippen LogP contribution in [0.2, 0.25) is 10.0 Å². The highest BCUT2D eigenvalue weighted by Crippen LogP contribution is 2.25. The summed E-state index contributed by atoms with van der Waals surface area (Å²) in [6, 6.07) is 12.8. The molecule has 0 saturated carbocycles. The first-order chi connectivity index (χ1) is 12.5. The van der Waals surface area contributed by atoms with Crippen LogP contribution >= 0.6 is 35.0 Å². The lowest BCUT2D eigenvalue weighted by molar-refractivity contribution is -0.113. The molecule has 0 aliphatic heterocycles. The molecule has 3 rings (SSSR count). The van der Waals surface area contributed by atoms with E-state index in [4.69, 9.17) is 23.2 Å². The van der Waals surface area contributed by atoms with E-state index in [1.807, 2.05) is 36.6 Å². The third-order valence-electron chi connectivity index (χ3n) is 3.75. The Hall–Kier alpha value is -2.02. The van der Waals surface area contributed by atoms with Gasteiger partial charge in [-0.3, -0.25) is 9.36 Å². The molecule has 8 heteroatoms. The van der Waals surface area contributed by atoms with Crippen LogP contribution in [-0.2, 0) is 4.79 Å². The minimum absolute atomic E-state index is 0.135. The Morgan fingerprint density at radius 1 is 1.12 bits per heavy atom. The molecule has 0 aliphatic rings. The Balaban J connectivity index is 1.71. The first-order valence-corrected chi connectivity index (χ1v) is 9.55. The number of carbonyl (C=O) groups is 1. The quantitative estimate of drug-likeness (QED) is 0.610. The molecule has 1 heterocycles. The fourth-order valence-electron chi connectivity index (χ4n) is 2.38. The van der Waals surface area contributed by atoms with Gasteiger partial charge in [0, 0.05) is 21.4 Å². The van der Waals surface area contributed by atoms with Crippen molar-refractivity contribution in [3.05, 3.63) is 63.9 Å². The molecule has 0 fully saturated rings. The summed E-state index contributed by atoms with van der Waals surface area (Å²) < 4.78 is 1.89. The molecule has 26 heavy (non-hydrogen) atoms. The number of rotatable bonds is 5. The van der Waals surface area contributed by atoms with Crippen molar-refractivity contribution in [2.45, 2.75) is 19.0 Å². The highest BCUT2D eigenvalue weighted by atomic mass is 35.5. The monoisotopic (exact) mass is 406 g/mol. The van der Waals surface area contributed by atoms with E-state index in [0.29, 0.717) is 20.9 Å². The second-order valence-corrected chi connectivity index (χ2v) is 7.38. The zero-order valence-electron chi connectivity index (χ0n) is 14.2. The molecule has 0 radical (unpaired) electrons. The molecule has 2 aromatic carbocycles. The van der Waals surface area contributed by atoms with Crippen LogP contribution in [0.1, 0.15) is 11.4 Å². The van der Waals surface area contributed by atoms with Crippen molar-refractivity contribution >= 4 is 46.6 Å². The van der Waals surface area contributed by atoms with Crippen LogP contribution in [-0.4, -0.2) is 26.4 Å². The third-order valence-corrected chi connectivity index (χ3v) is 5.34. The van der Waals surface area contributed by atoms with Gasteiger partial charge in [-0.25, -0.2) is 0 Å². The molecule has 5 nitrogen and oxygen atoms in total. The minimum Gasteiger partial charge on any atom is -0.325 e. The van der Waals surface area contributed by atoms with E-state index >= 15 is 0 Å². The Bertz CT molecular complexity index is 941. The van der Waals surface area contributed by atoms with E-state index in [0.717, 1.165) is 17.1 Å². The Labute approximate surface area is 165 Å². The van der Waals surface area contributed by atoms with Crippen molar-refractivity contribution < 1.29 is 4.79 Å². The van der Waals surface area contributed by atoms with E-state index < -0.39 is 0 Å². The molecule has 1 aromatic heterocycles. The van der Waals surface area contributed by atoms with E-state index in [-0.39, 0.29) is 11.7 Å². The molecular formula is C18H16Cl2N4OS. The van der Waals surface area contributed by atoms with Gasteiger partial charge in [0.15, 0.2) is 5.16 Å². The number of aryl methyl sites for hydroxylation is 1. The lowest BCUT2D eigenvalue weighted by atomic mass is 10.2. The highest BCUT2D eigenvalue weighted by molar-refractivity contribution is 7.99. The number of carbonyl (C=O) groups excluding carboxylic acids is 1. The summed E-state index contributed by atoms with van der Waals surface area (Å²) in [5.74, 6) is 0.808. The Kier molecular flexibility index (Phi) is 5.86. The van der Waals surface area contributed by atoms with E-state index in [1.54, 1.807) is 24.3 Å². The van der Waals surface area contributed by atoms with Crippen molar-refractivity contribution in [1.29, 1.82) is 0 Å². The largest absolute Gasteiger partial charge is 0.325 e. The predicted octanol–water partition coefficient (Wildman–Crippen LogP) is 4.92. The molecule has 0 unspecified atom stereocenters. The second kappa shape index (κ2) is 8.12. The zero-order valence-corrected chi connectivity index (χ0v) is 16.5. The average molecular weight is 407 g/mol. The molecule has 0 aliphatic carbocycles. The number of amides is 1. The van der Waals surface area contributed by atoms with Gasteiger partial charge in [0.1, 0.15) is 5.82 Å². The molecule has 3 aromatic rings. The fourth-order valence-corrected chi connectivity index (χ4v) is 3.48. The molecule has 134 valence electrons. The molecular weight excluding hydrogens is 391 g/mol. The smallest absolute Gasteiger partial charge is 0.234 e. The molecule has 1 amide bonds. The third kappa shape index (κ3) is 4.20. The number of hydrogen-bond acceptors (Lipinski definition) is 4. The maximum Gasteiger partial charge on any atom is 0.234 e. The van der Waals surface area contributed by atoms with Crippen LogP contribution in [0.4, 0.5) is 5.69 Å². The number of anilines is 1. The maximum absolute atomic E-state index is 12.3. The van der Waals surface area contributed by atoms with Gasteiger partial charge in [-0.2, -0.15) is 0 Å². The number of nitrogens with zero attached hydrogens (tertiary/aromatic N) is 3. The minimum atomic E-state index is -0.135. The number of halogens is 2. The van der Waals surface area contributed by atoms with Crippen LogP contribution in [0.15, 0.2) is 47.6 Å². The van der Waals surface area contributed by atoms with Crippen LogP contribution in [0, 0.1) is 13.8 Å². The number of hydrogen-bond donors (Lipinski definition) is 1. The van der Waals surface area contributed by atoms with Gasteiger partial charge in [-0.1, -0.05) is 41.0 Å². The average Bonchev–Trinajstić information content (AvgIpc) is 2.99. The highest BCUT2D eigenvalue weighted by Gasteiger charge is 2.14. The van der Waals surface area contributed by atoms with Gasteiger partial charge in [0.05, 0.1) is 5.75 Å². The first kappa shape index (κ1) is 18.8. The van der Waals surface area contributed by atoms with Crippen molar-refractivity contribution in [3.8, 4) is 5.69 Å². The number of nitrogens with one attached hydrogen (secondary N) is 1. The van der Waals surface area contributed by atoms with Gasteiger partial charge in [-0.15, -0.1) is 10.2 Å². The molecule has 0 spiro atoms. The molecule has 0 bridgehead atoms. The van der Waals surface area contributed by atoms with Gasteiger partial charge < -0.3 is 5.32 Å². The lowest BCUT2D eigenvalue weighted by Gasteiger charge is -2.10. The standard InChI is InChI=1S/C18H16Cl2N4OS/c1-11-15(20)4-3-5-16(11)21-17(25)10-26-18-23-22-12(2)24(18)14-8-6-13(19)7-9-14/h3-9H,10H2,1-2H3,(H,21,25). The maximum atomic E-state index is 12.3. The second-order valence-electron chi connectivity index (χ2n) is 5.59. The molecule has 0 atom stereocenters. The SMILES string of the molecule is Cc1c(Cl)cccc1NC(=O)CSc1nnc(C)n1-c1ccc(Cl)cc1. The summed E-state index contributed by atoms with van der Waals surface area (Å²) in [5, 5.41) is 13.1. The van der Waals surface area contributed by atoms with Crippen molar-refractivity contribution in [2.75, 3.05) is 11.1 Å². The van der Waals surface area contributed by atoms with Crippen LogP contribution in [0.5, 0.6) is 0 Å². The summed E-state index contributed by atoms with van der Waals surface area (Å²) in [6.45, 7) is 3.73. The van der Waals surface area contributed by atoms with Gasteiger partial charge in [0.25, 0.3) is 0 Å². The topological polar surface area (TPSA) is 59.8 Å². The van der Waals surface area contributed by atoms with Crippen LogP contribution in [0.3, 0.4) is 0 Å². The van der Waals surface area contributed by atoms with Gasteiger partial charge in [0.2, 0.25) is 5.91 Å². The van der Waals surface area contributed by atoms with Gasteiger partial charge >= 0.3 is 0 Å². The van der Waals surface area contributed by atoms with E-state index in [1.165, 1.54) is 11.8 Å². The number of benzene rings is 2. The Morgan fingerprint density at radius 2 is 1.85 bits per heavy atom. The molecule has 0 saturated heterocycles. The van der Waals surface area contributed by atoms with Crippen LogP contribution in [0.25, 0.3) is 5.69 Å². The lowest BCUT2D eigenvalue weighted by Crippen LogP contribution is -2.15.